The van der Waals surface area contributed by atoms with Crippen LogP contribution in [0.2, 0.25) is 0 Å². The first kappa shape index (κ1) is 26.3. The van der Waals surface area contributed by atoms with Crippen molar-refractivity contribution in [3.05, 3.63) is 89.0 Å². The molecule has 41 heavy (non-hydrogen) atoms. The van der Waals surface area contributed by atoms with Crippen LogP contribution in [0, 0.1) is 18.7 Å². The van der Waals surface area contributed by atoms with Gasteiger partial charge in [-0.05, 0) is 67.8 Å². The van der Waals surface area contributed by atoms with Gasteiger partial charge in [0, 0.05) is 21.9 Å². The second-order valence-corrected chi connectivity index (χ2v) is 10.6. The van der Waals surface area contributed by atoms with Crippen molar-refractivity contribution in [3.8, 4) is 11.1 Å². The van der Waals surface area contributed by atoms with Gasteiger partial charge in [-0.25, -0.2) is 18.5 Å². The molecular formula is C31H24F2N4O4. The van der Waals surface area contributed by atoms with Crippen molar-refractivity contribution in [1.29, 1.82) is 0 Å². The van der Waals surface area contributed by atoms with Crippen molar-refractivity contribution in [3.63, 3.8) is 0 Å². The molecule has 2 aliphatic rings. The Bertz CT molecular complexity index is 1950. The van der Waals surface area contributed by atoms with E-state index in [0.29, 0.717) is 38.5 Å². The van der Waals surface area contributed by atoms with Gasteiger partial charge in [0.1, 0.15) is 11.6 Å². The van der Waals surface area contributed by atoms with E-state index in [1.54, 1.807) is 57.2 Å². The van der Waals surface area contributed by atoms with Crippen LogP contribution in [0.15, 0.2) is 71.5 Å². The zero-order chi connectivity index (χ0) is 29.4. The van der Waals surface area contributed by atoms with E-state index in [4.69, 9.17) is 5.73 Å². The van der Waals surface area contributed by atoms with Crippen molar-refractivity contribution >= 4 is 51.1 Å². The second-order valence-electron chi connectivity index (χ2n) is 10.6. The van der Waals surface area contributed by atoms with E-state index in [1.165, 1.54) is 6.08 Å². The van der Waals surface area contributed by atoms with Crippen molar-refractivity contribution in [2.24, 2.45) is 16.6 Å². The van der Waals surface area contributed by atoms with Gasteiger partial charge < -0.3 is 15.8 Å². The summed E-state index contributed by atoms with van der Waals surface area (Å²) in [6, 6.07) is 10.1. The first-order chi connectivity index (χ1) is 19.4. The number of anilines is 1. The Hall–Kier alpha value is -4.96. The summed E-state index contributed by atoms with van der Waals surface area (Å²) in [5.74, 6) is -3.72. The number of imide groups is 1. The van der Waals surface area contributed by atoms with Crippen molar-refractivity contribution in [2.75, 3.05) is 4.90 Å². The largest absolute Gasteiger partial charge is 0.386 e. The zero-order valence-electron chi connectivity index (χ0n) is 22.3. The molecule has 0 saturated heterocycles. The van der Waals surface area contributed by atoms with Crippen LogP contribution < -0.4 is 10.6 Å². The molecule has 0 radical (unpaired) electrons. The number of halogens is 2. The van der Waals surface area contributed by atoms with Crippen LogP contribution in [0.4, 0.5) is 19.3 Å². The third kappa shape index (κ3) is 4.06. The minimum atomic E-state index is -1.15. The lowest BCUT2D eigenvalue weighted by Crippen LogP contribution is -2.46. The number of aliphatic hydroxyl groups is 1. The van der Waals surface area contributed by atoms with Gasteiger partial charge >= 0.3 is 6.03 Å². The highest BCUT2D eigenvalue weighted by Gasteiger charge is 2.38. The van der Waals surface area contributed by atoms with Crippen molar-refractivity contribution < 1.29 is 28.3 Å². The van der Waals surface area contributed by atoms with E-state index in [1.807, 2.05) is 0 Å². The van der Waals surface area contributed by atoms with E-state index in [2.05, 4.69) is 9.98 Å². The van der Waals surface area contributed by atoms with Gasteiger partial charge in [-0.2, -0.15) is 4.99 Å². The molecule has 10 heteroatoms. The molecule has 8 nitrogen and oxygen atoms in total. The van der Waals surface area contributed by atoms with E-state index < -0.39 is 41.0 Å². The van der Waals surface area contributed by atoms with Crippen LogP contribution in [0.5, 0.6) is 0 Å². The zero-order valence-corrected chi connectivity index (χ0v) is 22.3. The van der Waals surface area contributed by atoms with E-state index in [0.717, 1.165) is 23.1 Å². The molecule has 0 fully saturated rings. The Kier molecular flexibility index (Phi) is 5.79. The number of aromatic nitrogens is 1. The molecule has 2 heterocycles. The molecule has 1 unspecified atom stereocenters. The van der Waals surface area contributed by atoms with Gasteiger partial charge in [-0.3, -0.25) is 9.59 Å². The normalized spacial score (nSPS) is 17.2. The average molecular weight is 555 g/mol. The van der Waals surface area contributed by atoms with Gasteiger partial charge in [-0.1, -0.05) is 30.3 Å². The molecule has 1 aliphatic carbocycles. The smallest absolute Gasteiger partial charge is 0.355 e. The number of hydrogen-bond acceptors (Lipinski definition) is 4. The number of nitrogens with two attached hydrogens (primary N) is 1. The Balaban J connectivity index is 1.59. The summed E-state index contributed by atoms with van der Waals surface area (Å²) in [5, 5.41) is 11.5. The first-order valence-electron chi connectivity index (χ1n) is 12.8. The van der Waals surface area contributed by atoms with Gasteiger partial charge in [0.05, 0.1) is 34.0 Å². The third-order valence-electron chi connectivity index (χ3n) is 7.57. The van der Waals surface area contributed by atoms with Gasteiger partial charge in [0.15, 0.2) is 0 Å². The Morgan fingerprint density at radius 3 is 2.61 bits per heavy atom. The number of nitrogens with one attached hydrogen (secondary N) is 1. The molecule has 6 rings (SSSR count). The van der Waals surface area contributed by atoms with Crippen LogP contribution in [0.3, 0.4) is 0 Å². The summed E-state index contributed by atoms with van der Waals surface area (Å²) in [6.45, 7) is 4.92. The molecule has 1 aromatic heterocycles. The molecule has 4 aromatic rings. The predicted molar refractivity (Wildman–Crippen MR) is 152 cm³/mol. The number of aliphatic imine (C=N–C) groups is 1. The Morgan fingerprint density at radius 1 is 1.15 bits per heavy atom. The molecule has 206 valence electrons. The fourth-order valence-electron chi connectivity index (χ4n) is 5.52. The molecular weight excluding hydrogens is 530 g/mol. The van der Waals surface area contributed by atoms with Crippen LogP contribution in [0.25, 0.3) is 32.9 Å². The lowest BCUT2D eigenvalue weighted by molar-refractivity contribution is -0.118. The summed E-state index contributed by atoms with van der Waals surface area (Å²) in [6.07, 6.45) is 3.54. The summed E-state index contributed by atoms with van der Waals surface area (Å²) in [4.78, 5) is 46.7. The molecule has 4 N–H and O–H groups in total. The number of H-pyrrole nitrogens is 1. The number of hydrogen-bond donors (Lipinski definition) is 3. The van der Waals surface area contributed by atoms with Crippen LogP contribution in [0.1, 0.15) is 35.3 Å². The number of rotatable bonds is 4. The topological polar surface area (TPSA) is 129 Å². The standard InChI is InChI=1S/C31H24F2N4O4/c1-14-17(5-4-6-24(14)37-29(39)19-10-8-16(32)12-23(19)36-30(37)40)25-21(33)13-20(28(34)38)27-26(25)18-9-7-15(31(2,3)41)11-22(18)35-27/h4-13,19,35,41H,1-3H3,(H2,34,38). The number of primary amides is 1. The fourth-order valence-corrected chi connectivity index (χ4v) is 5.52. The lowest BCUT2D eigenvalue weighted by Gasteiger charge is -2.30. The maximum absolute atomic E-state index is 16.0. The number of carbonyl (C=O) groups excluding carboxylic acids is 3. The quantitative estimate of drug-likeness (QED) is 0.298. The molecule has 0 bridgehead atoms. The van der Waals surface area contributed by atoms with Crippen LogP contribution in [-0.4, -0.2) is 33.6 Å². The Morgan fingerprint density at radius 2 is 1.90 bits per heavy atom. The fraction of sp³-hybridized carbons (Fsp3) is 0.161. The molecule has 1 atom stereocenters. The first-order valence-corrected chi connectivity index (χ1v) is 12.8. The van der Waals surface area contributed by atoms with E-state index >= 15 is 4.39 Å². The monoisotopic (exact) mass is 554 g/mol. The number of carbonyl (C=O) groups is 3. The average Bonchev–Trinajstić information content (AvgIpc) is 3.27. The SMILES string of the molecule is Cc1c(-c2c(F)cc(C(N)=O)c3[nH]c4cc(C(C)(C)O)ccc4c23)cccc1N1C(=O)N=C2C=C(F)C=CC2C1=O. The lowest BCUT2D eigenvalue weighted by atomic mass is 9.90. The van der Waals surface area contributed by atoms with Gasteiger partial charge in [-0.15, -0.1) is 0 Å². The van der Waals surface area contributed by atoms with E-state index in [9.17, 15) is 23.9 Å². The number of nitrogens with zero attached hydrogens (tertiary/aromatic N) is 2. The highest BCUT2D eigenvalue weighted by Crippen LogP contribution is 2.42. The number of fused-ring (bicyclic) bond motifs is 4. The highest BCUT2D eigenvalue weighted by molar-refractivity contribution is 6.31. The number of amides is 4. The van der Waals surface area contributed by atoms with E-state index in [-0.39, 0.29) is 22.5 Å². The molecule has 0 saturated carbocycles. The highest BCUT2D eigenvalue weighted by atomic mass is 19.1. The second kappa shape index (κ2) is 9.03. The molecule has 0 spiro atoms. The molecule has 4 amide bonds. The molecule has 3 aromatic carbocycles. The maximum Gasteiger partial charge on any atom is 0.355 e. The van der Waals surface area contributed by atoms with Crippen molar-refractivity contribution in [2.45, 2.75) is 26.4 Å². The Labute approximate surface area is 232 Å². The summed E-state index contributed by atoms with van der Waals surface area (Å²) in [5.41, 5.74) is 6.99. The summed E-state index contributed by atoms with van der Waals surface area (Å²) < 4.78 is 29.7. The summed E-state index contributed by atoms with van der Waals surface area (Å²) in [7, 11) is 0. The van der Waals surface area contributed by atoms with Crippen LogP contribution >= 0.6 is 0 Å². The summed E-state index contributed by atoms with van der Waals surface area (Å²) >= 11 is 0. The third-order valence-corrected chi connectivity index (χ3v) is 7.57. The molecule has 1 aliphatic heterocycles. The maximum atomic E-state index is 16.0. The minimum Gasteiger partial charge on any atom is -0.386 e. The van der Waals surface area contributed by atoms with Crippen molar-refractivity contribution in [1.82, 2.24) is 4.98 Å². The number of urea groups is 1. The van der Waals surface area contributed by atoms with Gasteiger partial charge in [0.2, 0.25) is 5.91 Å². The predicted octanol–water partition coefficient (Wildman–Crippen LogP) is 5.71. The van der Waals surface area contributed by atoms with Gasteiger partial charge in [0.25, 0.3) is 5.91 Å². The van der Waals surface area contributed by atoms with Crippen LogP contribution in [-0.2, 0) is 10.4 Å². The number of benzene rings is 3. The number of aromatic amines is 1. The number of allylic oxidation sites excluding steroid dienone is 3. The minimum absolute atomic E-state index is 0.0177.